The normalized spacial score (nSPS) is 12.7. The molecule has 0 heterocycles. The van der Waals surface area contributed by atoms with Crippen molar-refractivity contribution in [3.8, 4) is 5.75 Å². The first-order chi connectivity index (χ1) is 9.90. The van der Waals surface area contributed by atoms with Crippen molar-refractivity contribution in [3.05, 3.63) is 54.1 Å². The van der Waals surface area contributed by atoms with E-state index in [1.807, 2.05) is 31.2 Å². The summed E-state index contributed by atoms with van der Waals surface area (Å²) in [6.07, 6.45) is 1.20. The third-order valence-electron chi connectivity index (χ3n) is 3.26. The monoisotopic (exact) mass is 305 g/mol. The van der Waals surface area contributed by atoms with Gasteiger partial charge in [-0.2, -0.15) is 0 Å². The summed E-state index contributed by atoms with van der Waals surface area (Å²) in [5, 5.41) is 3.34. The Bertz CT molecular complexity index is 709. The van der Waals surface area contributed by atoms with Crippen LogP contribution in [-0.4, -0.2) is 21.8 Å². The lowest BCUT2D eigenvalue weighted by molar-refractivity contribution is 0.414. The maximum atomic E-state index is 11.4. The number of nitrogens with one attached hydrogen (secondary N) is 1. The number of hydrogen-bond acceptors (Lipinski definition) is 4. The summed E-state index contributed by atoms with van der Waals surface area (Å²) in [6.45, 7) is 2.04. The van der Waals surface area contributed by atoms with Crippen molar-refractivity contribution in [3.63, 3.8) is 0 Å². The van der Waals surface area contributed by atoms with Gasteiger partial charge in [-0.3, -0.25) is 0 Å². The van der Waals surface area contributed by atoms with Gasteiger partial charge in [0, 0.05) is 18.0 Å². The maximum Gasteiger partial charge on any atom is 0.175 e. The van der Waals surface area contributed by atoms with Crippen LogP contribution in [0.4, 0.5) is 5.69 Å². The summed E-state index contributed by atoms with van der Waals surface area (Å²) in [6, 6.07) is 14.7. The fourth-order valence-electron chi connectivity index (χ4n) is 2.04. The number of methoxy groups -OCH3 is 1. The van der Waals surface area contributed by atoms with Crippen molar-refractivity contribution < 1.29 is 13.2 Å². The molecule has 0 amide bonds. The van der Waals surface area contributed by atoms with Crippen LogP contribution < -0.4 is 10.1 Å². The Hall–Kier alpha value is -2.01. The Balaban J connectivity index is 2.14. The maximum absolute atomic E-state index is 11.4. The lowest BCUT2D eigenvalue weighted by Gasteiger charge is -2.16. The van der Waals surface area contributed by atoms with Gasteiger partial charge in [0.1, 0.15) is 5.75 Å². The molecule has 21 heavy (non-hydrogen) atoms. The highest BCUT2D eigenvalue weighted by Crippen LogP contribution is 2.23. The van der Waals surface area contributed by atoms with Gasteiger partial charge in [0.05, 0.1) is 12.0 Å². The molecule has 0 aliphatic rings. The fraction of sp³-hybridized carbons (Fsp3) is 0.250. The van der Waals surface area contributed by atoms with Crippen LogP contribution in [0.15, 0.2) is 53.4 Å². The van der Waals surface area contributed by atoms with Crippen LogP contribution in [0.3, 0.4) is 0 Å². The van der Waals surface area contributed by atoms with Gasteiger partial charge in [-0.15, -0.1) is 0 Å². The zero-order chi connectivity index (χ0) is 15.5. The SMILES string of the molecule is COc1cccc(C(C)Nc2ccc(S(C)(=O)=O)cc2)c1. The zero-order valence-electron chi connectivity index (χ0n) is 12.3. The van der Waals surface area contributed by atoms with E-state index >= 15 is 0 Å². The predicted octanol–water partition coefficient (Wildman–Crippen LogP) is 3.27. The molecule has 0 aliphatic carbocycles. The van der Waals surface area contributed by atoms with Crippen molar-refractivity contribution in [1.29, 1.82) is 0 Å². The molecule has 0 aromatic heterocycles. The van der Waals surface area contributed by atoms with Gasteiger partial charge in [-0.25, -0.2) is 8.42 Å². The summed E-state index contributed by atoms with van der Waals surface area (Å²) < 4.78 is 28.1. The van der Waals surface area contributed by atoms with Gasteiger partial charge in [0.25, 0.3) is 0 Å². The molecule has 5 heteroatoms. The van der Waals surface area contributed by atoms with Crippen LogP contribution >= 0.6 is 0 Å². The van der Waals surface area contributed by atoms with Gasteiger partial charge >= 0.3 is 0 Å². The number of sulfone groups is 1. The van der Waals surface area contributed by atoms with Crippen molar-refractivity contribution >= 4 is 15.5 Å². The molecule has 1 unspecified atom stereocenters. The lowest BCUT2D eigenvalue weighted by Crippen LogP contribution is -2.07. The molecule has 0 fully saturated rings. The average molecular weight is 305 g/mol. The summed E-state index contributed by atoms with van der Waals surface area (Å²) in [5.41, 5.74) is 1.97. The molecular formula is C16H19NO3S. The van der Waals surface area contributed by atoms with E-state index in [4.69, 9.17) is 4.74 Å². The smallest absolute Gasteiger partial charge is 0.175 e. The van der Waals surface area contributed by atoms with Crippen molar-refractivity contribution in [2.45, 2.75) is 17.9 Å². The first-order valence-corrected chi connectivity index (χ1v) is 8.50. The third-order valence-corrected chi connectivity index (χ3v) is 4.39. The summed E-state index contributed by atoms with van der Waals surface area (Å²) in [7, 11) is -1.51. The number of anilines is 1. The van der Waals surface area contributed by atoms with E-state index in [-0.39, 0.29) is 6.04 Å². The second-order valence-electron chi connectivity index (χ2n) is 4.94. The molecule has 0 saturated heterocycles. The Morgan fingerprint density at radius 2 is 1.76 bits per heavy atom. The number of hydrogen-bond donors (Lipinski definition) is 1. The average Bonchev–Trinajstić information content (AvgIpc) is 2.47. The van der Waals surface area contributed by atoms with Crippen LogP contribution in [0, 0.1) is 0 Å². The minimum Gasteiger partial charge on any atom is -0.497 e. The standard InChI is InChI=1S/C16H19NO3S/c1-12(13-5-4-6-15(11-13)20-2)17-14-7-9-16(10-8-14)21(3,18)19/h4-12,17H,1-3H3. The van der Waals surface area contributed by atoms with Gasteiger partial charge < -0.3 is 10.1 Å². The second kappa shape index (κ2) is 6.18. The highest BCUT2D eigenvalue weighted by Gasteiger charge is 2.09. The lowest BCUT2D eigenvalue weighted by atomic mass is 10.1. The predicted molar refractivity (Wildman–Crippen MR) is 84.6 cm³/mol. The van der Waals surface area contributed by atoms with E-state index in [2.05, 4.69) is 5.32 Å². The quantitative estimate of drug-likeness (QED) is 0.921. The van der Waals surface area contributed by atoms with E-state index in [0.717, 1.165) is 17.0 Å². The molecule has 2 aromatic rings. The molecule has 1 atom stereocenters. The van der Waals surface area contributed by atoms with E-state index in [0.29, 0.717) is 4.90 Å². The van der Waals surface area contributed by atoms with Crippen LogP contribution in [-0.2, 0) is 9.84 Å². The highest BCUT2D eigenvalue weighted by atomic mass is 32.2. The Morgan fingerprint density at radius 3 is 2.33 bits per heavy atom. The van der Waals surface area contributed by atoms with E-state index < -0.39 is 9.84 Å². The Labute approximate surface area is 125 Å². The van der Waals surface area contributed by atoms with E-state index in [9.17, 15) is 8.42 Å². The molecule has 2 aromatic carbocycles. The topological polar surface area (TPSA) is 55.4 Å². The first-order valence-electron chi connectivity index (χ1n) is 6.61. The van der Waals surface area contributed by atoms with E-state index in [1.165, 1.54) is 6.26 Å². The van der Waals surface area contributed by atoms with Gasteiger partial charge in [-0.05, 0) is 48.9 Å². The molecule has 1 N–H and O–H groups in total. The minimum atomic E-state index is -3.15. The summed E-state index contributed by atoms with van der Waals surface area (Å²) in [5.74, 6) is 0.813. The summed E-state index contributed by atoms with van der Waals surface area (Å²) in [4.78, 5) is 0.321. The van der Waals surface area contributed by atoms with Crippen LogP contribution in [0.5, 0.6) is 5.75 Å². The second-order valence-corrected chi connectivity index (χ2v) is 6.95. The molecule has 0 saturated carbocycles. The molecule has 0 radical (unpaired) electrons. The largest absolute Gasteiger partial charge is 0.497 e. The molecule has 4 nitrogen and oxygen atoms in total. The van der Waals surface area contributed by atoms with E-state index in [1.54, 1.807) is 31.4 Å². The molecule has 112 valence electrons. The van der Waals surface area contributed by atoms with Crippen LogP contribution in [0.2, 0.25) is 0 Å². The first kappa shape index (κ1) is 15.4. The van der Waals surface area contributed by atoms with Crippen molar-refractivity contribution in [2.75, 3.05) is 18.7 Å². The van der Waals surface area contributed by atoms with Gasteiger partial charge in [0.2, 0.25) is 0 Å². The third kappa shape index (κ3) is 3.98. The molecular weight excluding hydrogens is 286 g/mol. The molecule has 2 rings (SSSR count). The number of benzene rings is 2. The summed E-state index contributed by atoms with van der Waals surface area (Å²) >= 11 is 0. The van der Waals surface area contributed by atoms with Crippen molar-refractivity contribution in [2.24, 2.45) is 0 Å². The zero-order valence-corrected chi connectivity index (χ0v) is 13.1. The molecule has 0 spiro atoms. The Kier molecular flexibility index (Phi) is 4.53. The Morgan fingerprint density at radius 1 is 1.10 bits per heavy atom. The molecule has 0 bridgehead atoms. The number of ether oxygens (including phenoxy) is 1. The number of rotatable bonds is 5. The van der Waals surface area contributed by atoms with Crippen molar-refractivity contribution in [1.82, 2.24) is 0 Å². The van der Waals surface area contributed by atoms with Gasteiger partial charge in [-0.1, -0.05) is 12.1 Å². The fourth-order valence-corrected chi connectivity index (χ4v) is 2.67. The minimum absolute atomic E-state index is 0.0872. The molecule has 0 aliphatic heterocycles. The van der Waals surface area contributed by atoms with Crippen LogP contribution in [0.25, 0.3) is 0 Å². The highest BCUT2D eigenvalue weighted by molar-refractivity contribution is 7.90. The van der Waals surface area contributed by atoms with Gasteiger partial charge in [0.15, 0.2) is 9.84 Å². The van der Waals surface area contributed by atoms with Crippen LogP contribution in [0.1, 0.15) is 18.5 Å².